The summed E-state index contributed by atoms with van der Waals surface area (Å²) in [6, 6.07) is 6.39. The molecule has 1 saturated heterocycles. The molecule has 1 aliphatic heterocycles. The molecule has 4 rings (SSSR count). The first-order valence-electron chi connectivity index (χ1n) is 10.00. The van der Waals surface area contributed by atoms with Crippen molar-refractivity contribution in [1.82, 2.24) is 28.3 Å². The maximum atomic E-state index is 13.5. The Labute approximate surface area is 198 Å². The van der Waals surface area contributed by atoms with Crippen molar-refractivity contribution in [2.24, 2.45) is 0 Å². The van der Waals surface area contributed by atoms with Crippen LogP contribution in [0.15, 0.2) is 46.9 Å². The Morgan fingerprint density at radius 3 is 2.61 bits per heavy atom. The number of benzene rings is 1. The summed E-state index contributed by atoms with van der Waals surface area (Å²) < 4.78 is 29.8. The van der Waals surface area contributed by atoms with Gasteiger partial charge in [0.25, 0.3) is 0 Å². The minimum Gasteiger partial charge on any atom is -0.382 e. The molecule has 1 aromatic carbocycles. The summed E-state index contributed by atoms with van der Waals surface area (Å²) in [6.07, 6.45) is 3.38. The molecule has 12 heteroatoms. The van der Waals surface area contributed by atoms with Crippen molar-refractivity contribution in [3.63, 3.8) is 0 Å². The maximum absolute atomic E-state index is 13.5. The Bertz CT molecular complexity index is 1330. The summed E-state index contributed by atoms with van der Waals surface area (Å²) in [7, 11) is 0.132. The second-order valence-electron chi connectivity index (χ2n) is 7.88. The van der Waals surface area contributed by atoms with Gasteiger partial charge in [0.05, 0.1) is 11.7 Å². The number of halogens is 1. The Morgan fingerprint density at radius 1 is 1.24 bits per heavy atom. The van der Waals surface area contributed by atoms with Crippen molar-refractivity contribution in [1.29, 1.82) is 0 Å². The second-order valence-corrected chi connectivity index (χ2v) is 10.1. The van der Waals surface area contributed by atoms with Crippen molar-refractivity contribution < 1.29 is 8.42 Å². The minimum atomic E-state index is -3.59. The molecule has 2 N–H and O–H groups in total. The molecular formula is C21H28ClN7O3S. The van der Waals surface area contributed by atoms with Crippen molar-refractivity contribution in [2.45, 2.75) is 19.9 Å². The van der Waals surface area contributed by atoms with E-state index < -0.39 is 10.0 Å². The minimum absolute atomic E-state index is 0. The third-order valence-corrected chi connectivity index (χ3v) is 7.19. The smallest absolute Gasteiger partial charge is 0.335 e. The number of hydrogen-bond donors (Lipinski definition) is 1. The van der Waals surface area contributed by atoms with E-state index in [1.165, 1.54) is 25.2 Å². The van der Waals surface area contributed by atoms with Gasteiger partial charge in [-0.1, -0.05) is 25.1 Å². The van der Waals surface area contributed by atoms with Crippen molar-refractivity contribution in [2.75, 3.05) is 39.5 Å². The van der Waals surface area contributed by atoms with E-state index in [1.807, 2.05) is 19.0 Å². The molecule has 0 spiro atoms. The number of aromatic nitrogens is 4. The molecule has 3 aromatic rings. The van der Waals surface area contributed by atoms with Gasteiger partial charge >= 0.3 is 5.69 Å². The number of imidazole rings is 1. The zero-order chi connectivity index (χ0) is 23.0. The van der Waals surface area contributed by atoms with Gasteiger partial charge in [-0.05, 0) is 44.8 Å². The van der Waals surface area contributed by atoms with E-state index in [4.69, 9.17) is 17.3 Å². The number of sulfonamides is 1. The van der Waals surface area contributed by atoms with Crippen LogP contribution >= 0.6 is 11.6 Å². The number of anilines is 1. The monoisotopic (exact) mass is 493 g/mol. The van der Waals surface area contributed by atoms with Crippen LogP contribution < -0.4 is 11.4 Å². The molecule has 1 atom stereocenters. The van der Waals surface area contributed by atoms with Crippen LogP contribution in [-0.2, 0) is 10.0 Å². The Hall–Kier alpha value is -2.73. The van der Waals surface area contributed by atoms with Crippen LogP contribution in [0.1, 0.15) is 19.9 Å². The fourth-order valence-corrected chi connectivity index (χ4v) is 5.21. The molecule has 33 heavy (non-hydrogen) atoms. The third kappa shape index (κ3) is 4.81. The number of nitrogens with zero attached hydrogens (tertiary/aromatic N) is 6. The standard InChI is InChI=1S/C20H24ClN7O3S.CH4/c1-25(2)9-3-11-32(30,31)26-10-8-16(12-26)28-19-17(18(22)23-13-24-19)27(20(28)29)15-6-4-14(21)5-7-15;/h3-7,11,13,16H,8-10,12H2,1-2H3,(H2,22,23,24);1H4/b11-3+;. The van der Waals surface area contributed by atoms with Crippen molar-refractivity contribution >= 4 is 38.6 Å². The molecule has 1 aliphatic rings. The Morgan fingerprint density at radius 2 is 1.94 bits per heavy atom. The number of hydrogen-bond acceptors (Lipinski definition) is 7. The van der Waals surface area contributed by atoms with Gasteiger partial charge in [0, 0.05) is 30.1 Å². The van der Waals surface area contributed by atoms with E-state index in [0.717, 1.165) is 0 Å². The van der Waals surface area contributed by atoms with Crippen LogP contribution in [0.5, 0.6) is 0 Å². The SMILES string of the molecule is C.CN(C)C/C=C/S(=O)(=O)N1CCC(n2c(=O)n(-c3ccc(Cl)cc3)c3c(N)ncnc32)C1. The topological polar surface area (TPSA) is 119 Å². The van der Waals surface area contributed by atoms with Crippen LogP contribution in [0.2, 0.25) is 5.02 Å². The third-order valence-electron chi connectivity index (χ3n) is 5.36. The fourth-order valence-electron chi connectivity index (χ4n) is 3.84. The van der Waals surface area contributed by atoms with E-state index in [-0.39, 0.29) is 31.5 Å². The highest BCUT2D eigenvalue weighted by molar-refractivity contribution is 7.92. The zero-order valence-electron chi connectivity index (χ0n) is 17.7. The number of rotatable bonds is 6. The molecule has 2 aromatic heterocycles. The van der Waals surface area contributed by atoms with Gasteiger partial charge in [-0.2, -0.15) is 4.31 Å². The maximum Gasteiger partial charge on any atom is 0.335 e. The van der Waals surface area contributed by atoms with E-state index in [1.54, 1.807) is 30.3 Å². The Balaban J connectivity index is 0.00000306. The van der Waals surface area contributed by atoms with Crippen LogP contribution in [0.3, 0.4) is 0 Å². The first kappa shape index (κ1) is 24.9. The summed E-state index contributed by atoms with van der Waals surface area (Å²) in [6.45, 7) is 0.985. The van der Waals surface area contributed by atoms with E-state index >= 15 is 0 Å². The molecule has 0 saturated carbocycles. The molecule has 1 fully saturated rings. The van der Waals surface area contributed by atoms with Crippen LogP contribution in [0.25, 0.3) is 16.9 Å². The average molecular weight is 494 g/mol. The predicted molar refractivity (Wildman–Crippen MR) is 131 cm³/mol. The Kier molecular flexibility index (Phi) is 7.27. The van der Waals surface area contributed by atoms with Gasteiger partial charge in [0.1, 0.15) is 11.8 Å². The number of fused-ring (bicyclic) bond motifs is 1. The molecule has 10 nitrogen and oxygen atoms in total. The molecule has 178 valence electrons. The van der Waals surface area contributed by atoms with Gasteiger partial charge < -0.3 is 10.6 Å². The summed E-state index contributed by atoms with van der Waals surface area (Å²) in [5, 5.41) is 1.75. The number of nitrogen functional groups attached to an aromatic ring is 1. The summed E-state index contributed by atoms with van der Waals surface area (Å²) >= 11 is 6.00. The van der Waals surface area contributed by atoms with E-state index in [2.05, 4.69) is 9.97 Å². The molecule has 0 amide bonds. The fraction of sp³-hybridized carbons (Fsp3) is 0.381. The molecule has 0 radical (unpaired) electrons. The second kappa shape index (κ2) is 9.64. The molecule has 0 aliphatic carbocycles. The molecule has 0 bridgehead atoms. The molecule has 1 unspecified atom stereocenters. The normalized spacial score (nSPS) is 17.3. The van der Waals surface area contributed by atoms with Gasteiger partial charge in [0.15, 0.2) is 11.5 Å². The highest BCUT2D eigenvalue weighted by Gasteiger charge is 2.34. The molecular weight excluding hydrogens is 466 g/mol. The van der Waals surface area contributed by atoms with E-state index in [0.29, 0.717) is 41.4 Å². The first-order valence-corrected chi connectivity index (χ1v) is 11.9. The number of likely N-dealkylation sites (N-methyl/N-ethyl adjacent to an activating group) is 1. The average Bonchev–Trinajstić information content (AvgIpc) is 3.32. The summed E-state index contributed by atoms with van der Waals surface area (Å²) in [5.41, 5.74) is 7.07. The van der Waals surface area contributed by atoms with Crippen molar-refractivity contribution in [3.05, 3.63) is 57.6 Å². The first-order chi connectivity index (χ1) is 15.2. The van der Waals surface area contributed by atoms with E-state index in [9.17, 15) is 13.2 Å². The largest absolute Gasteiger partial charge is 0.382 e. The molecule has 3 heterocycles. The lowest BCUT2D eigenvalue weighted by Crippen LogP contribution is -2.31. The van der Waals surface area contributed by atoms with Crippen LogP contribution in [0, 0.1) is 0 Å². The lowest BCUT2D eigenvalue weighted by molar-refractivity contribution is 0.451. The van der Waals surface area contributed by atoms with Gasteiger partial charge in [-0.25, -0.2) is 23.2 Å². The highest BCUT2D eigenvalue weighted by atomic mass is 35.5. The van der Waals surface area contributed by atoms with Crippen LogP contribution in [0.4, 0.5) is 5.82 Å². The van der Waals surface area contributed by atoms with Crippen molar-refractivity contribution in [3.8, 4) is 5.69 Å². The summed E-state index contributed by atoms with van der Waals surface area (Å²) in [4.78, 5) is 23.7. The quantitative estimate of drug-likeness (QED) is 0.558. The number of nitrogens with two attached hydrogens (primary N) is 1. The summed E-state index contributed by atoms with van der Waals surface area (Å²) in [5.74, 6) is 0.162. The lowest BCUT2D eigenvalue weighted by atomic mass is 10.2. The van der Waals surface area contributed by atoms with Crippen LogP contribution in [-0.4, -0.2) is 70.5 Å². The van der Waals surface area contributed by atoms with Gasteiger partial charge in [0.2, 0.25) is 10.0 Å². The lowest BCUT2D eigenvalue weighted by Gasteiger charge is -2.15. The highest BCUT2D eigenvalue weighted by Crippen LogP contribution is 2.29. The predicted octanol–water partition coefficient (Wildman–Crippen LogP) is 2.11. The zero-order valence-corrected chi connectivity index (χ0v) is 19.3. The van der Waals surface area contributed by atoms with Gasteiger partial charge in [-0.3, -0.25) is 9.13 Å². The van der Waals surface area contributed by atoms with Gasteiger partial charge in [-0.15, -0.1) is 0 Å².